The maximum absolute atomic E-state index is 9.42. The smallest absolute Gasteiger partial charge is 0.0839 e. The second-order valence-electron chi connectivity index (χ2n) is 2.91. The molecule has 1 atom stereocenters. The van der Waals surface area contributed by atoms with Crippen LogP contribution in [0, 0.1) is 0 Å². The van der Waals surface area contributed by atoms with Crippen LogP contribution in [0.1, 0.15) is 20.3 Å². The summed E-state index contributed by atoms with van der Waals surface area (Å²) in [6.07, 6.45) is 6.51. The number of hydrogen-bond acceptors (Lipinski definition) is 1. The number of halogens is 1. The van der Waals surface area contributed by atoms with Gasteiger partial charge in [-0.2, -0.15) is 0 Å². The zero-order valence-corrected chi connectivity index (χ0v) is 7.11. The molecule has 0 aromatic heterocycles. The van der Waals surface area contributed by atoms with E-state index in [2.05, 4.69) is 0 Å². The molecule has 0 saturated heterocycles. The van der Waals surface area contributed by atoms with E-state index in [1.165, 1.54) is 5.57 Å². The first-order valence-electron chi connectivity index (χ1n) is 3.17. The highest BCUT2D eigenvalue weighted by atomic mass is 35.5. The standard InChI is InChI=1S/C8H12O.ClH/c1-7-4-3-5-8(2,9)6-7;/h3-5,9H,6H2,1-2H3;1H. The second kappa shape index (κ2) is 3.22. The zero-order chi connectivity index (χ0) is 6.91. The van der Waals surface area contributed by atoms with E-state index in [-0.39, 0.29) is 12.4 Å². The highest BCUT2D eigenvalue weighted by Gasteiger charge is 2.17. The van der Waals surface area contributed by atoms with Crippen molar-refractivity contribution in [1.29, 1.82) is 0 Å². The van der Waals surface area contributed by atoms with Crippen LogP contribution in [0.2, 0.25) is 0 Å². The average molecular weight is 161 g/mol. The molecule has 0 aliphatic heterocycles. The van der Waals surface area contributed by atoms with Crippen molar-refractivity contribution in [3.8, 4) is 0 Å². The Labute approximate surface area is 67.9 Å². The van der Waals surface area contributed by atoms with Crippen molar-refractivity contribution in [2.24, 2.45) is 0 Å². The molecule has 0 amide bonds. The molecule has 0 saturated carbocycles. The van der Waals surface area contributed by atoms with Gasteiger partial charge in [-0.15, -0.1) is 12.4 Å². The van der Waals surface area contributed by atoms with Crippen LogP contribution in [0.3, 0.4) is 0 Å². The van der Waals surface area contributed by atoms with Crippen molar-refractivity contribution in [3.05, 3.63) is 23.8 Å². The minimum atomic E-state index is -0.598. The summed E-state index contributed by atoms with van der Waals surface area (Å²) < 4.78 is 0. The van der Waals surface area contributed by atoms with Gasteiger partial charge in [0.15, 0.2) is 0 Å². The summed E-state index contributed by atoms with van der Waals surface area (Å²) in [5.41, 5.74) is 0.640. The Hall–Kier alpha value is -0.270. The van der Waals surface area contributed by atoms with Crippen LogP contribution >= 0.6 is 12.4 Å². The molecule has 1 nitrogen and oxygen atoms in total. The van der Waals surface area contributed by atoms with Gasteiger partial charge in [0.05, 0.1) is 5.60 Å². The summed E-state index contributed by atoms with van der Waals surface area (Å²) in [7, 11) is 0. The molecule has 58 valence electrons. The van der Waals surface area contributed by atoms with E-state index in [0.29, 0.717) is 0 Å². The Morgan fingerprint density at radius 3 is 2.50 bits per heavy atom. The molecule has 1 N–H and O–H groups in total. The van der Waals surface area contributed by atoms with Crippen molar-refractivity contribution >= 4 is 12.4 Å². The maximum Gasteiger partial charge on any atom is 0.0839 e. The topological polar surface area (TPSA) is 20.2 Å². The third kappa shape index (κ3) is 2.54. The molecule has 0 radical (unpaired) electrons. The van der Waals surface area contributed by atoms with Gasteiger partial charge in [0.2, 0.25) is 0 Å². The quantitative estimate of drug-likeness (QED) is 0.575. The number of rotatable bonds is 0. The first-order valence-corrected chi connectivity index (χ1v) is 3.17. The fraction of sp³-hybridized carbons (Fsp3) is 0.500. The first kappa shape index (κ1) is 9.73. The van der Waals surface area contributed by atoms with Gasteiger partial charge in [0.25, 0.3) is 0 Å². The molecule has 1 rings (SSSR count). The maximum atomic E-state index is 9.42. The van der Waals surface area contributed by atoms with E-state index in [4.69, 9.17) is 0 Å². The number of hydrogen-bond donors (Lipinski definition) is 1. The van der Waals surface area contributed by atoms with Gasteiger partial charge in [-0.05, 0) is 13.8 Å². The van der Waals surface area contributed by atoms with Crippen molar-refractivity contribution in [1.82, 2.24) is 0 Å². The summed E-state index contributed by atoms with van der Waals surface area (Å²) in [5, 5.41) is 9.42. The summed E-state index contributed by atoms with van der Waals surface area (Å²) >= 11 is 0. The molecule has 0 spiro atoms. The molecule has 1 unspecified atom stereocenters. The monoisotopic (exact) mass is 160 g/mol. The Bertz CT molecular complexity index is 168. The predicted octanol–water partition coefficient (Wildman–Crippen LogP) is 2.07. The summed E-state index contributed by atoms with van der Waals surface area (Å²) in [5.74, 6) is 0. The van der Waals surface area contributed by atoms with Gasteiger partial charge in [-0.25, -0.2) is 0 Å². The van der Waals surface area contributed by atoms with E-state index >= 15 is 0 Å². The lowest BCUT2D eigenvalue weighted by Gasteiger charge is -2.21. The largest absolute Gasteiger partial charge is 0.386 e. The Balaban J connectivity index is 0.000000810. The molecule has 1 aliphatic rings. The predicted molar refractivity (Wildman–Crippen MR) is 45.4 cm³/mol. The van der Waals surface area contributed by atoms with Gasteiger partial charge in [-0.3, -0.25) is 0 Å². The first-order chi connectivity index (χ1) is 4.10. The molecule has 2 heteroatoms. The normalized spacial score (nSPS) is 30.9. The molecule has 0 heterocycles. The Morgan fingerprint density at radius 1 is 1.60 bits per heavy atom. The highest BCUT2D eigenvalue weighted by Crippen LogP contribution is 2.21. The van der Waals surface area contributed by atoms with Crippen LogP contribution in [0.25, 0.3) is 0 Å². The third-order valence-corrected chi connectivity index (χ3v) is 1.47. The summed E-state index contributed by atoms with van der Waals surface area (Å²) in [6, 6.07) is 0. The van der Waals surface area contributed by atoms with Gasteiger partial charge in [0.1, 0.15) is 0 Å². The van der Waals surface area contributed by atoms with E-state index in [1.54, 1.807) is 0 Å². The van der Waals surface area contributed by atoms with Crippen molar-refractivity contribution in [2.75, 3.05) is 0 Å². The average Bonchev–Trinajstić information content (AvgIpc) is 1.60. The minimum Gasteiger partial charge on any atom is -0.386 e. The lowest BCUT2D eigenvalue weighted by molar-refractivity contribution is 0.111. The third-order valence-electron chi connectivity index (χ3n) is 1.47. The van der Waals surface area contributed by atoms with E-state index in [1.807, 2.05) is 32.1 Å². The van der Waals surface area contributed by atoms with E-state index in [0.717, 1.165) is 6.42 Å². The van der Waals surface area contributed by atoms with Crippen LogP contribution in [0.5, 0.6) is 0 Å². The SMILES string of the molecule is CC1=CC=CC(C)(O)C1.Cl. The fourth-order valence-electron chi connectivity index (χ4n) is 1.10. The fourth-order valence-corrected chi connectivity index (χ4v) is 1.10. The Morgan fingerprint density at radius 2 is 2.20 bits per heavy atom. The molecule has 0 bridgehead atoms. The molecule has 0 aromatic rings. The van der Waals surface area contributed by atoms with Gasteiger partial charge in [-0.1, -0.05) is 23.8 Å². The molecular weight excluding hydrogens is 148 g/mol. The molecule has 0 aromatic carbocycles. The lowest BCUT2D eigenvalue weighted by atomic mass is 9.93. The van der Waals surface area contributed by atoms with Crippen LogP contribution in [-0.2, 0) is 0 Å². The van der Waals surface area contributed by atoms with E-state index in [9.17, 15) is 5.11 Å². The van der Waals surface area contributed by atoms with E-state index < -0.39 is 5.60 Å². The number of aliphatic hydroxyl groups is 1. The highest BCUT2D eigenvalue weighted by molar-refractivity contribution is 5.85. The molecular formula is C8H13ClO. The van der Waals surface area contributed by atoms with Crippen LogP contribution in [0.15, 0.2) is 23.8 Å². The Kier molecular flexibility index (Phi) is 3.13. The molecule has 10 heavy (non-hydrogen) atoms. The second-order valence-corrected chi connectivity index (χ2v) is 2.91. The van der Waals surface area contributed by atoms with Crippen LogP contribution < -0.4 is 0 Å². The van der Waals surface area contributed by atoms with Gasteiger partial charge >= 0.3 is 0 Å². The zero-order valence-electron chi connectivity index (χ0n) is 6.29. The summed E-state index contributed by atoms with van der Waals surface area (Å²) in [6.45, 7) is 3.85. The molecule has 0 fully saturated rings. The van der Waals surface area contributed by atoms with Gasteiger partial charge < -0.3 is 5.11 Å². The lowest BCUT2D eigenvalue weighted by Crippen LogP contribution is -2.22. The minimum absolute atomic E-state index is 0. The van der Waals surface area contributed by atoms with Crippen LogP contribution in [0.4, 0.5) is 0 Å². The summed E-state index contributed by atoms with van der Waals surface area (Å²) in [4.78, 5) is 0. The van der Waals surface area contributed by atoms with Gasteiger partial charge in [0, 0.05) is 6.42 Å². The van der Waals surface area contributed by atoms with Crippen molar-refractivity contribution in [3.63, 3.8) is 0 Å². The van der Waals surface area contributed by atoms with Crippen molar-refractivity contribution in [2.45, 2.75) is 25.9 Å². The van der Waals surface area contributed by atoms with Crippen molar-refractivity contribution < 1.29 is 5.11 Å². The number of allylic oxidation sites excluding steroid dienone is 2. The van der Waals surface area contributed by atoms with Crippen LogP contribution in [-0.4, -0.2) is 10.7 Å². The molecule has 1 aliphatic carbocycles.